The summed E-state index contributed by atoms with van der Waals surface area (Å²) in [6.45, 7) is 6.62. The summed E-state index contributed by atoms with van der Waals surface area (Å²) in [7, 11) is 0. The van der Waals surface area contributed by atoms with E-state index in [2.05, 4.69) is 15.6 Å². The molecule has 0 amide bonds. The zero-order chi connectivity index (χ0) is 11.3. The summed E-state index contributed by atoms with van der Waals surface area (Å²) < 4.78 is 10.6. The van der Waals surface area contributed by atoms with E-state index in [0.717, 1.165) is 12.8 Å². The van der Waals surface area contributed by atoms with Gasteiger partial charge in [-0.3, -0.25) is 5.43 Å². The van der Waals surface area contributed by atoms with Crippen LogP contribution in [0.3, 0.4) is 0 Å². The van der Waals surface area contributed by atoms with Gasteiger partial charge in [0.25, 0.3) is 0 Å². The highest BCUT2D eigenvalue weighted by Crippen LogP contribution is 2.31. The zero-order valence-electron chi connectivity index (χ0n) is 9.41. The second-order valence-electron chi connectivity index (χ2n) is 3.20. The lowest BCUT2D eigenvalue weighted by Crippen LogP contribution is -2.29. The van der Waals surface area contributed by atoms with Gasteiger partial charge < -0.3 is 9.26 Å². The molecule has 0 saturated heterocycles. The molecule has 0 aliphatic heterocycles. The minimum absolute atomic E-state index is 0.205. The molecule has 0 aromatic carbocycles. The first-order valence-electron chi connectivity index (χ1n) is 5.17. The molecule has 1 rings (SSSR count). The molecule has 1 aromatic heterocycles. The minimum Gasteiger partial charge on any atom is -0.367 e. The Morgan fingerprint density at radius 3 is 2.47 bits per heavy atom. The molecule has 0 saturated carbocycles. The normalized spacial score (nSPS) is 11.7. The maximum atomic E-state index is 5.72. The van der Waals surface area contributed by atoms with Crippen LogP contribution in [0.2, 0.25) is 0 Å². The van der Waals surface area contributed by atoms with Crippen molar-refractivity contribution in [1.82, 2.24) is 10.1 Å². The van der Waals surface area contributed by atoms with Crippen molar-refractivity contribution in [3.05, 3.63) is 5.82 Å². The topological polar surface area (TPSA) is 86.2 Å². The van der Waals surface area contributed by atoms with Gasteiger partial charge >= 0.3 is 6.01 Å². The number of anilines is 1. The molecular weight excluding hydrogens is 196 g/mol. The van der Waals surface area contributed by atoms with Gasteiger partial charge in [0.15, 0.2) is 0 Å². The fourth-order valence-electron chi connectivity index (χ4n) is 1.58. The Morgan fingerprint density at radius 1 is 1.40 bits per heavy atom. The van der Waals surface area contributed by atoms with Crippen molar-refractivity contribution in [2.24, 2.45) is 5.84 Å². The summed E-state index contributed by atoms with van der Waals surface area (Å²) in [5, 5.41) is 3.87. The molecule has 0 bridgehead atoms. The van der Waals surface area contributed by atoms with E-state index in [4.69, 9.17) is 15.1 Å². The SMILES string of the molecule is CCOC(CC)(CC)c1noc(NN)n1. The highest BCUT2D eigenvalue weighted by Gasteiger charge is 2.34. The third-order valence-corrected chi connectivity index (χ3v) is 2.52. The fourth-order valence-corrected chi connectivity index (χ4v) is 1.58. The molecule has 0 spiro atoms. The number of rotatable bonds is 6. The summed E-state index contributed by atoms with van der Waals surface area (Å²) in [6.07, 6.45) is 1.59. The van der Waals surface area contributed by atoms with Crippen LogP contribution in [-0.2, 0) is 10.3 Å². The second-order valence-corrected chi connectivity index (χ2v) is 3.20. The van der Waals surface area contributed by atoms with Crippen molar-refractivity contribution < 1.29 is 9.26 Å². The largest absolute Gasteiger partial charge is 0.367 e. The van der Waals surface area contributed by atoms with Crippen LogP contribution >= 0.6 is 0 Å². The fraction of sp³-hybridized carbons (Fsp3) is 0.778. The van der Waals surface area contributed by atoms with E-state index in [0.29, 0.717) is 12.4 Å². The third-order valence-electron chi connectivity index (χ3n) is 2.52. The molecule has 1 aromatic rings. The smallest absolute Gasteiger partial charge is 0.335 e. The van der Waals surface area contributed by atoms with E-state index in [-0.39, 0.29) is 6.01 Å². The molecule has 6 nitrogen and oxygen atoms in total. The average molecular weight is 214 g/mol. The Labute approximate surface area is 89.1 Å². The number of nitrogen functional groups attached to an aromatic ring is 1. The van der Waals surface area contributed by atoms with E-state index < -0.39 is 5.60 Å². The Bertz CT molecular complexity index is 296. The maximum absolute atomic E-state index is 5.72. The monoisotopic (exact) mass is 214 g/mol. The van der Waals surface area contributed by atoms with Gasteiger partial charge in [0.05, 0.1) is 0 Å². The highest BCUT2D eigenvalue weighted by molar-refractivity contribution is 5.17. The number of hydrazine groups is 1. The number of nitrogens with zero attached hydrogens (tertiary/aromatic N) is 2. The predicted octanol–water partition coefficient (Wildman–Crippen LogP) is 1.41. The van der Waals surface area contributed by atoms with E-state index in [1.807, 2.05) is 20.8 Å². The Balaban J connectivity index is 2.96. The number of nitrogens with one attached hydrogen (secondary N) is 1. The Hall–Kier alpha value is -1.14. The first-order valence-corrected chi connectivity index (χ1v) is 5.17. The van der Waals surface area contributed by atoms with Gasteiger partial charge in [-0.15, -0.1) is 0 Å². The van der Waals surface area contributed by atoms with Crippen molar-refractivity contribution in [3.63, 3.8) is 0 Å². The summed E-state index contributed by atoms with van der Waals surface area (Å²) in [5.74, 6) is 5.72. The quantitative estimate of drug-likeness (QED) is 0.550. The number of hydrogen-bond acceptors (Lipinski definition) is 6. The molecule has 0 unspecified atom stereocenters. The summed E-state index contributed by atoms with van der Waals surface area (Å²) >= 11 is 0. The molecule has 0 radical (unpaired) electrons. The van der Waals surface area contributed by atoms with Gasteiger partial charge in [0.1, 0.15) is 5.60 Å². The average Bonchev–Trinajstić information content (AvgIpc) is 2.75. The first kappa shape index (κ1) is 11.9. The van der Waals surface area contributed by atoms with Gasteiger partial charge in [0.2, 0.25) is 5.82 Å². The van der Waals surface area contributed by atoms with E-state index in [1.54, 1.807) is 0 Å². The highest BCUT2D eigenvalue weighted by atomic mass is 16.5. The molecule has 6 heteroatoms. The first-order chi connectivity index (χ1) is 7.22. The molecular formula is C9H18N4O2. The van der Waals surface area contributed by atoms with Crippen molar-refractivity contribution in [2.75, 3.05) is 12.0 Å². The van der Waals surface area contributed by atoms with Crippen LogP contribution in [-0.4, -0.2) is 16.7 Å². The molecule has 0 atom stereocenters. The Morgan fingerprint density at radius 2 is 2.07 bits per heavy atom. The van der Waals surface area contributed by atoms with Gasteiger partial charge in [0, 0.05) is 6.61 Å². The lowest BCUT2D eigenvalue weighted by molar-refractivity contribution is -0.0583. The van der Waals surface area contributed by atoms with E-state index >= 15 is 0 Å². The van der Waals surface area contributed by atoms with Crippen molar-refractivity contribution in [2.45, 2.75) is 39.2 Å². The van der Waals surface area contributed by atoms with Crippen LogP contribution in [0.15, 0.2) is 4.52 Å². The molecule has 0 aliphatic rings. The van der Waals surface area contributed by atoms with Crippen molar-refractivity contribution in [3.8, 4) is 0 Å². The van der Waals surface area contributed by atoms with Crippen LogP contribution in [0, 0.1) is 0 Å². The van der Waals surface area contributed by atoms with E-state index in [1.165, 1.54) is 0 Å². The lowest BCUT2D eigenvalue weighted by atomic mass is 9.96. The third kappa shape index (κ3) is 2.27. The van der Waals surface area contributed by atoms with Gasteiger partial charge in [-0.05, 0) is 19.8 Å². The van der Waals surface area contributed by atoms with Gasteiger partial charge in [-0.2, -0.15) is 4.98 Å². The number of ether oxygens (including phenoxy) is 1. The summed E-state index contributed by atoms with van der Waals surface area (Å²) in [4.78, 5) is 4.12. The van der Waals surface area contributed by atoms with Gasteiger partial charge in [-0.25, -0.2) is 5.84 Å². The molecule has 0 aliphatic carbocycles. The standard InChI is InChI=1S/C9H18N4O2/c1-4-9(5-2,14-6-3)7-11-8(12-10)15-13-7/h4-6,10H2,1-3H3,(H,11,12,13). The maximum Gasteiger partial charge on any atom is 0.335 e. The predicted molar refractivity (Wildman–Crippen MR) is 56.0 cm³/mol. The Kier molecular flexibility index (Phi) is 4.05. The minimum atomic E-state index is -0.465. The number of aromatic nitrogens is 2. The number of nitrogens with two attached hydrogens (primary N) is 1. The van der Waals surface area contributed by atoms with Crippen LogP contribution in [0.25, 0.3) is 0 Å². The summed E-state index contributed by atoms with van der Waals surface area (Å²) in [5.41, 5.74) is 1.85. The van der Waals surface area contributed by atoms with Crippen LogP contribution < -0.4 is 11.3 Å². The summed E-state index contributed by atoms with van der Waals surface area (Å²) in [6, 6.07) is 0.205. The van der Waals surface area contributed by atoms with Crippen molar-refractivity contribution >= 4 is 6.01 Å². The zero-order valence-corrected chi connectivity index (χ0v) is 9.41. The van der Waals surface area contributed by atoms with Gasteiger partial charge in [-0.1, -0.05) is 19.0 Å². The molecule has 0 fully saturated rings. The number of hydrogen-bond donors (Lipinski definition) is 2. The van der Waals surface area contributed by atoms with Crippen LogP contribution in [0.4, 0.5) is 6.01 Å². The van der Waals surface area contributed by atoms with Crippen LogP contribution in [0.5, 0.6) is 0 Å². The van der Waals surface area contributed by atoms with Crippen molar-refractivity contribution in [1.29, 1.82) is 0 Å². The molecule has 1 heterocycles. The molecule has 3 N–H and O–H groups in total. The van der Waals surface area contributed by atoms with Crippen LogP contribution in [0.1, 0.15) is 39.4 Å². The second kappa shape index (κ2) is 5.09. The molecule has 15 heavy (non-hydrogen) atoms. The van der Waals surface area contributed by atoms with E-state index in [9.17, 15) is 0 Å². The lowest BCUT2D eigenvalue weighted by Gasteiger charge is -2.27. The molecule has 86 valence electrons.